The first-order chi connectivity index (χ1) is 8.33. The van der Waals surface area contributed by atoms with Crippen molar-refractivity contribution in [3.05, 3.63) is 5.89 Å². The maximum Gasteiger partial charge on any atom is 0.266 e. The molecule has 17 heavy (non-hydrogen) atoms. The van der Waals surface area contributed by atoms with E-state index in [1.54, 1.807) is 0 Å². The third-order valence-corrected chi connectivity index (χ3v) is 3.33. The number of anilines is 1. The SMILES string of the molecule is NC(CC1CC1)c1nc(N2CCOCC2)no1. The van der Waals surface area contributed by atoms with Gasteiger partial charge in [0.2, 0.25) is 5.89 Å². The van der Waals surface area contributed by atoms with Crippen molar-refractivity contribution in [2.75, 3.05) is 31.2 Å². The molecule has 3 rings (SSSR count). The molecule has 0 aromatic carbocycles. The zero-order valence-electron chi connectivity index (χ0n) is 9.84. The highest BCUT2D eigenvalue weighted by Crippen LogP contribution is 2.36. The minimum Gasteiger partial charge on any atom is -0.378 e. The van der Waals surface area contributed by atoms with Crippen molar-refractivity contribution in [3.8, 4) is 0 Å². The zero-order valence-corrected chi connectivity index (χ0v) is 9.84. The molecule has 1 aromatic heterocycles. The Labute approximate surface area is 100 Å². The monoisotopic (exact) mass is 238 g/mol. The summed E-state index contributed by atoms with van der Waals surface area (Å²) < 4.78 is 10.5. The summed E-state index contributed by atoms with van der Waals surface area (Å²) in [6.45, 7) is 3.07. The lowest BCUT2D eigenvalue weighted by molar-refractivity contribution is 0.121. The topological polar surface area (TPSA) is 77.4 Å². The second-order valence-corrected chi connectivity index (χ2v) is 4.82. The summed E-state index contributed by atoms with van der Waals surface area (Å²) in [5.41, 5.74) is 6.04. The Morgan fingerprint density at radius 1 is 1.35 bits per heavy atom. The van der Waals surface area contributed by atoms with Crippen molar-refractivity contribution < 1.29 is 9.26 Å². The van der Waals surface area contributed by atoms with Crippen LogP contribution in [0.4, 0.5) is 5.95 Å². The van der Waals surface area contributed by atoms with Gasteiger partial charge in [-0.1, -0.05) is 12.8 Å². The van der Waals surface area contributed by atoms with Crippen molar-refractivity contribution in [1.29, 1.82) is 0 Å². The van der Waals surface area contributed by atoms with Gasteiger partial charge in [-0.25, -0.2) is 0 Å². The van der Waals surface area contributed by atoms with E-state index in [4.69, 9.17) is 15.0 Å². The maximum absolute atomic E-state index is 6.04. The van der Waals surface area contributed by atoms with Crippen molar-refractivity contribution in [1.82, 2.24) is 10.1 Å². The first kappa shape index (κ1) is 11.0. The Hall–Kier alpha value is -1.14. The Bertz CT molecular complexity index is 371. The molecule has 1 unspecified atom stereocenters. The Morgan fingerprint density at radius 3 is 2.82 bits per heavy atom. The van der Waals surface area contributed by atoms with Crippen LogP contribution in [0.1, 0.15) is 31.2 Å². The molecule has 1 atom stereocenters. The Balaban J connectivity index is 1.63. The minimum atomic E-state index is -0.107. The molecular formula is C11H18N4O2. The van der Waals surface area contributed by atoms with Crippen molar-refractivity contribution in [2.24, 2.45) is 11.7 Å². The van der Waals surface area contributed by atoms with Crippen LogP contribution in [0.2, 0.25) is 0 Å². The van der Waals surface area contributed by atoms with E-state index in [2.05, 4.69) is 15.0 Å². The van der Waals surface area contributed by atoms with Crippen LogP contribution in [0.5, 0.6) is 0 Å². The standard InChI is InChI=1S/C11H18N4O2/c12-9(7-8-1-2-8)10-13-11(14-17-10)15-3-5-16-6-4-15/h8-9H,1-7,12H2. The minimum absolute atomic E-state index is 0.107. The summed E-state index contributed by atoms with van der Waals surface area (Å²) in [4.78, 5) is 6.45. The fourth-order valence-electron chi connectivity index (χ4n) is 2.08. The number of nitrogens with two attached hydrogens (primary N) is 1. The zero-order chi connectivity index (χ0) is 11.7. The maximum atomic E-state index is 6.04. The van der Waals surface area contributed by atoms with Gasteiger partial charge in [0.1, 0.15) is 0 Å². The fraction of sp³-hybridized carbons (Fsp3) is 0.818. The molecule has 1 saturated heterocycles. The number of nitrogens with zero attached hydrogens (tertiary/aromatic N) is 3. The van der Waals surface area contributed by atoms with E-state index in [0.29, 0.717) is 11.8 Å². The number of hydrogen-bond donors (Lipinski definition) is 1. The lowest BCUT2D eigenvalue weighted by Crippen LogP contribution is -2.36. The molecule has 0 bridgehead atoms. The predicted octanol–water partition coefficient (Wildman–Crippen LogP) is 0.706. The van der Waals surface area contributed by atoms with Gasteiger partial charge in [0.25, 0.3) is 5.95 Å². The molecule has 1 aliphatic carbocycles. The van der Waals surface area contributed by atoms with Gasteiger partial charge in [-0.3, -0.25) is 0 Å². The van der Waals surface area contributed by atoms with E-state index in [1.807, 2.05) is 0 Å². The summed E-state index contributed by atoms with van der Waals surface area (Å²) in [6.07, 6.45) is 3.54. The van der Waals surface area contributed by atoms with Crippen LogP contribution in [0.15, 0.2) is 4.52 Å². The lowest BCUT2D eigenvalue weighted by atomic mass is 10.1. The lowest BCUT2D eigenvalue weighted by Gasteiger charge is -2.24. The highest BCUT2D eigenvalue weighted by Gasteiger charge is 2.27. The van der Waals surface area contributed by atoms with Crippen LogP contribution in [0, 0.1) is 5.92 Å². The molecular weight excluding hydrogens is 220 g/mol. The largest absolute Gasteiger partial charge is 0.378 e. The quantitative estimate of drug-likeness (QED) is 0.832. The van der Waals surface area contributed by atoms with Crippen LogP contribution in [-0.2, 0) is 4.74 Å². The smallest absolute Gasteiger partial charge is 0.266 e. The van der Waals surface area contributed by atoms with E-state index in [0.717, 1.165) is 38.6 Å². The van der Waals surface area contributed by atoms with Gasteiger partial charge in [0, 0.05) is 13.1 Å². The highest BCUT2D eigenvalue weighted by atomic mass is 16.5. The summed E-state index contributed by atoms with van der Waals surface area (Å²) in [6, 6.07) is -0.107. The molecule has 6 heteroatoms. The highest BCUT2D eigenvalue weighted by molar-refractivity contribution is 5.28. The number of ether oxygens (including phenoxy) is 1. The second-order valence-electron chi connectivity index (χ2n) is 4.82. The van der Waals surface area contributed by atoms with E-state index in [9.17, 15) is 0 Å². The molecule has 1 aliphatic heterocycles. The molecule has 6 nitrogen and oxygen atoms in total. The van der Waals surface area contributed by atoms with Gasteiger partial charge in [0.15, 0.2) is 0 Å². The number of rotatable bonds is 4. The van der Waals surface area contributed by atoms with Gasteiger partial charge >= 0.3 is 0 Å². The molecule has 2 aliphatic rings. The van der Waals surface area contributed by atoms with Crippen molar-refractivity contribution >= 4 is 5.95 Å². The van der Waals surface area contributed by atoms with Crippen molar-refractivity contribution in [3.63, 3.8) is 0 Å². The number of aromatic nitrogens is 2. The van der Waals surface area contributed by atoms with Crippen LogP contribution >= 0.6 is 0 Å². The van der Waals surface area contributed by atoms with E-state index in [-0.39, 0.29) is 6.04 Å². The third kappa shape index (κ3) is 2.58. The summed E-state index contributed by atoms with van der Waals surface area (Å²) >= 11 is 0. The van der Waals surface area contributed by atoms with Gasteiger partial charge in [0.05, 0.1) is 19.3 Å². The summed E-state index contributed by atoms with van der Waals surface area (Å²) in [5.74, 6) is 1.98. The molecule has 0 amide bonds. The van der Waals surface area contributed by atoms with E-state index >= 15 is 0 Å². The second kappa shape index (κ2) is 4.62. The van der Waals surface area contributed by atoms with Gasteiger partial charge in [-0.2, -0.15) is 4.98 Å². The van der Waals surface area contributed by atoms with Gasteiger partial charge < -0.3 is 19.9 Å². The van der Waals surface area contributed by atoms with Gasteiger partial charge in [-0.15, -0.1) is 0 Å². The number of hydrogen-bond acceptors (Lipinski definition) is 6. The molecule has 0 spiro atoms. The first-order valence-electron chi connectivity index (χ1n) is 6.25. The molecule has 1 saturated carbocycles. The molecule has 2 fully saturated rings. The summed E-state index contributed by atoms with van der Waals surface area (Å²) in [7, 11) is 0. The average molecular weight is 238 g/mol. The summed E-state index contributed by atoms with van der Waals surface area (Å²) in [5, 5.41) is 3.99. The van der Waals surface area contributed by atoms with Crippen LogP contribution in [0.3, 0.4) is 0 Å². The normalized spacial score (nSPS) is 22.8. The number of morpholine rings is 1. The molecule has 2 heterocycles. The predicted molar refractivity (Wildman–Crippen MR) is 61.6 cm³/mol. The Morgan fingerprint density at radius 2 is 2.12 bits per heavy atom. The third-order valence-electron chi connectivity index (χ3n) is 3.33. The van der Waals surface area contributed by atoms with Crippen LogP contribution in [0.25, 0.3) is 0 Å². The fourth-order valence-corrected chi connectivity index (χ4v) is 2.08. The molecule has 2 N–H and O–H groups in total. The van der Waals surface area contributed by atoms with Crippen molar-refractivity contribution in [2.45, 2.75) is 25.3 Å². The molecule has 0 radical (unpaired) electrons. The van der Waals surface area contributed by atoms with E-state index < -0.39 is 0 Å². The first-order valence-corrected chi connectivity index (χ1v) is 6.25. The molecule has 94 valence electrons. The van der Waals surface area contributed by atoms with Gasteiger partial charge in [-0.05, 0) is 17.5 Å². The van der Waals surface area contributed by atoms with Crippen LogP contribution in [-0.4, -0.2) is 36.4 Å². The van der Waals surface area contributed by atoms with E-state index in [1.165, 1.54) is 12.8 Å². The average Bonchev–Trinajstić information content (AvgIpc) is 3.04. The van der Waals surface area contributed by atoms with Crippen LogP contribution < -0.4 is 10.6 Å². The Kier molecular flexibility index (Phi) is 2.98. The molecule has 1 aromatic rings.